The molecule has 0 heterocycles. The van der Waals surface area contributed by atoms with E-state index in [4.69, 9.17) is 5.73 Å². The van der Waals surface area contributed by atoms with Crippen molar-refractivity contribution in [3.05, 3.63) is 29.3 Å². The third kappa shape index (κ3) is 4.59. The number of aryl methyl sites for hydroxylation is 1. The van der Waals surface area contributed by atoms with Crippen molar-refractivity contribution in [2.75, 3.05) is 12.4 Å². The van der Waals surface area contributed by atoms with Gasteiger partial charge in [0.25, 0.3) is 0 Å². The molecule has 21 heavy (non-hydrogen) atoms. The number of anilines is 1. The van der Waals surface area contributed by atoms with E-state index >= 15 is 0 Å². The lowest BCUT2D eigenvalue weighted by molar-refractivity contribution is 0.101. The van der Waals surface area contributed by atoms with Crippen LogP contribution in [0.2, 0.25) is 0 Å². The highest BCUT2D eigenvalue weighted by Crippen LogP contribution is 2.17. The zero-order chi connectivity index (χ0) is 16.0. The minimum absolute atomic E-state index is 0.0488. The van der Waals surface area contributed by atoms with Crippen LogP contribution in [-0.2, 0) is 0 Å². The molecule has 1 rings (SSSR count). The van der Waals surface area contributed by atoms with Crippen molar-refractivity contribution in [1.29, 1.82) is 0 Å². The highest BCUT2D eigenvalue weighted by atomic mass is 16.2. The second kappa shape index (κ2) is 7.42. The van der Waals surface area contributed by atoms with Crippen molar-refractivity contribution in [3.63, 3.8) is 0 Å². The Morgan fingerprint density at radius 1 is 1.38 bits per heavy atom. The van der Waals surface area contributed by atoms with Crippen LogP contribution in [0.3, 0.4) is 0 Å². The SMILES string of the molecule is CCC(NC(=O)Nc1cc(C(C)=O)ccc1C)C(N)=NC. The van der Waals surface area contributed by atoms with E-state index in [2.05, 4.69) is 15.6 Å². The summed E-state index contributed by atoms with van der Waals surface area (Å²) in [4.78, 5) is 27.3. The fourth-order valence-corrected chi connectivity index (χ4v) is 1.83. The van der Waals surface area contributed by atoms with Gasteiger partial charge in [-0.1, -0.05) is 19.1 Å². The average Bonchev–Trinajstić information content (AvgIpc) is 2.45. The van der Waals surface area contributed by atoms with Crippen molar-refractivity contribution >= 4 is 23.3 Å². The maximum absolute atomic E-state index is 12.0. The molecule has 1 atom stereocenters. The van der Waals surface area contributed by atoms with Crippen molar-refractivity contribution in [3.8, 4) is 0 Å². The molecule has 0 aromatic heterocycles. The molecule has 0 bridgehead atoms. The maximum Gasteiger partial charge on any atom is 0.319 e. The molecule has 1 unspecified atom stereocenters. The van der Waals surface area contributed by atoms with Gasteiger partial charge in [0.15, 0.2) is 5.78 Å². The minimum Gasteiger partial charge on any atom is -0.386 e. The first-order valence-corrected chi connectivity index (χ1v) is 6.80. The number of hydrogen-bond acceptors (Lipinski definition) is 3. The number of nitrogens with zero attached hydrogens (tertiary/aromatic N) is 1. The number of aliphatic imine (C=N–C) groups is 1. The average molecular weight is 290 g/mol. The van der Waals surface area contributed by atoms with Gasteiger partial charge in [-0.3, -0.25) is 9.79 Å². The molecule has 0 aliphatic heterocycles. The van der Waals surface area contributed by atoms with Crippen LogP contribution in [-0.4, -0.2) is 30.7 Å². The lowest BCUT2D eigenvalue weighted by atomic mass is 10.1. The summed E-state index contributed by atoms with van der Waals surface area (Å²) in [5.74, 6) is 0.328. The molecule has 114 valence electrons. The van der Waals surface area contributed by atoms with Gasteiger partial charge in [0.05, 0.1) is 6.04 Å². The summed E-state index contributed by atoms with van der Waals surface area (Å²) >= 11 is 0. The predicted molar refractivity (Wildman–Crippen MR) is 85.0 cm³/mol. The lowest BCUT2D eigenvalue weighted by Gasteiger charge is -2.17. The lowest BCUT2D eigenvalue weighted by Crippen LogP contribution is -2.45. The fourth-order valence-electron chi connectivity index (χ4n) is 1.83. The number of benzene rings is 1. The summed E-state index contributed by atoms with van der Waals surface area (Å²) in [5.41, 5.74) is 7.75. The number of amides is 2. The summed E-state index contributed by atoms with van der Waals surface area (Å²) in [6, 6.07) is 4.50. The normalized spacial score (nSPS) is 12.7. The zero-order valence-corrected chi connectivity index (χ0v) is 12.9. The van der Waals surface area contributed by atoms with Gasteiger partial charge >= 0.3 is 6.03 Å². The standard InChI is InChI=1S/C15H22N4O2/c1-5-12(14(16)17-4)18-15(21)19-13-8-11(10(3)20)7-6-9(13)2/h6-8,12H,5H2,1-4H3,(H2,16,17)(H2,18,19,21). The Morgan fingerprint density at radius 3 is 2.57 bits per heavy atom. The van der Waals surface area contributed by atoms with Crippen LogP contribution >= 0.6 is 0 Å². The minimum atomic E-state index is -0.378. The maximum atomic E-state index is 12.0. The number of amidine groups is 1. The van der Waals surface area contributed by atoms with Gasteiger partial charge in [0.1, 0.15) is 5.84 Å². The number of nitrogens with two attached hydrogens (primary N) is 1. The Hall–Kier alpha value is -2.37. The molecule has 0 saturated heterocycles. The Bertz CT molecular complexity index is 567. The van der Waals surface area contributed by atoms with Gasteiger partial charge in [-0.2, -0.15) is 0 Å². The van der Waals surface area contributed by atoms with E-state index in [1.54, 1.807) is 25.2 Å². The number of urea groups is 1. The first-order chi connectivity index (χ1) is 9.88. The Kier molecular flexibility index (Phi) is 5.90. The van der Waals surface area contributed by atoms with E-state index < -0.39 is 0 Å². The molecule has 6 nitrogen and oxygen atoms in total. The molecule has 4 N–H and O–H groups in total. The first-order valence-electron chi connectivity index (χ1n) is 6.80. The highest BCUT2D eigenvalue weighted by Gasteiger charge is 2.14. The molecule has 0 aliphatic carbocycles. The third-order valence-corrected chi connectivity index (χ3v) is 3.22. The Morgan fingerprint density at radius 2 is 2.05 bits per heavy atom. The van der Waals surface area contributed by atoms with Gasteiger partial charge in [0.2, 0.25) is 0 Å². The fraction of sp³-hybridized carbons (Fsp3) is 0.400. The molecule has 2 amide bonds. The highest BCUT2D eigenvalue weighted by molar-refractivity contribution is 5.98. The van der Waals surface area contributed by atoms with Crippen LogP contribution in [0.15, 0.2) is 23.2 Å². The van der Waals surface area contributed by atoms with Gasteiger partial charge in [-0.25, -0.2) is 4.79 Å². The van der Waals surface area contributed by atoms with Crippen LogP contribution in [0.5, 0.6) is 0 Å². The number of hydrogen-bond donors (Lipinski definition) is 3. The van der Waals surface area contributed by atoms with Crippen LogP contribution in [0.25, 0.3) is 0 Å². The smallest absolute Gasteiger partial charge is 0.319 e. The molecular weight excluding hydrogens is 268 g/mol. The number of Topliss-reactive ketones (excluding diaryl/α,β-unsaturated/α-hetero) is 1. The third-order valence-electron chi connectivity index (χ3n) is 3.22. The first kappa shape index (κ1) is 16.7. The molecule has 6 heteroatoms. The van der Waals surface area contributed by atoms with Crippen molar-refractivity contribution < 1.29 is 9.59 Å². The Labute approximate surface area is 124 Å². The van der Waals surface area contributed by atoms with Crippen LogP contribution in [0.4, 0.5) is 10.5 Å². The van der Waals surface area contributed by atoms with Gasteiger partial charge in [-0.05, 0) is 31.9 Å². The summed E-state index contributed by atoms with van der Waals surface area (Å²) in [5, 5.41) is 5.49. The molecule has 0 radical (unpaired) electrons. The molecule has 0 saturated carbocycles. The van der Waals surface area contributed by atoms with Gasteiger partial charge in [-0.15, -0.1) is 0 Å². The number of rotatable bonds is 5. The summed E-state index contributed by atoms with van der Waals surface area (Å²) in [6.45, 7) is 5.25. The van der Waals surface area contributed by atoms with Crippen LogP contribution in [0.1, 0.15) is 36.2 Å². The second-order valence-corrected chi connectivity index (χ2v) is 4.79. The monoisotopic (exact) mass is 290 g/mol. The van der Waals surface area contributed by atoms with Crippen molar-refractivity contribution in [1.82, 2.24) is 5.32 Å². The second-order valence-electron chi connectivity index (χ2n) is 4.79. The summed E-state index contributed by atoms with van der Waals surface area (Å²) in [7, 11) is 1.58. The van der Waals surface area contributed by atoms with E-state index in [1.807, 2.05) is 13.8 Å². The molecule has 0 spiro atoms. The van der Waals surface area contributed by atoms with E-state index in [0.717, 1.165) is 5.56 Å². The number of carbonyl (C=O) groups excluding carboxylic acids is 2. The van der Waals surface area contributed by atoms with E-state index in [-0.39, 0.29) is 17.9 Å². The van der Waals surface area contributed by atoms with Crippen LogP contribution < -0.4 is 16.4 Å². The number of nitrogens with one attached hydrogen (secondary N) is 2. The van der Waals surface area contributed by atoms with E-state index in [1.165, 1.54) is 6.92 Å². The topological polar surface area (TPSA) is 96.6 Å². The van der Waals surface area contributed by atoms with Crippen LogP contribution in [0, 0.1) is 6.92 Å². The van der Waals surface area contributed by atoms with E-state index in [9.17, 15) is 9.59 Å². The largest absolute Gasteiger partial charge is 0.386 e. The Balaban J connectivity index is 2.83. The predicted octanol–water partition coefficient (Wildman–Crippen LogP) is 2.08. The molecule has 0 fully saturated rings. The van der Waals surface area contributed by atoms with E-state index in [0.29, 0.717) is 23.5 Å². The number of ketones is 1. The van der Waals surface area contributed by atoms with Crippen molar-refractivity contribution in [2.24, 2.45) is 10.7 Å². The molecular formula is C15H22N4O2. The molecule has 1 aromatic carbocycles. The summed E-state index contributed by atoms with van der Waals surface area (Å²) in [6.07, 6.45) is 0.642. The zero-order valence-electron chi connectivity index (χ0n) is 12.9. The van der Waals surface area contributed by atoms with Gasteiger partial charge < -0.3 is 16.4 Å². The molecule has 1 aromatic rings. The number of carbonyl (C=O) groups is 2. The van der Waals surface area contributed by atoms with Crippen molar-refractivity contribution in [2.45, 2.75) is 33.2 Å². The summed E-state index contributed by atoms with van der Waals surface area (Å²) < 4.78 is 0. The molecule has 0 aliphatic rings. The van der Waals surface area contributed by atoms with Gasteiger partial charge in [0, 0.05) is 18.3 Å². The quantitative estimate of drug-likeness (QED) is 0.440.